The molecule has 0 aromatic carbocycles. The largest absolute Gasteiger partial charge is 0.459 e. The Morgan fingerprint density at radius 2 is 2.04 bits per heavy atom. The van der Waals surface area contributed by atoms with Crippen LogP contribution in [0.1, 0.15) is 79.6 Å². The van der Waals surface area contributed by atoms with Gasteiger partial charge in [-0.3, -0.25) is 4.79 Å². The Labute approximate surface area is 153 Å². The summed E-state index contributed by atoms with van der Waals surface area (Å²) in [6.45, 7) is 9.99. The minimum Gasteiger partial charge on any atom is -0.459 e. The predicted molar refractivity (Wildman–Crippen MR) is 99.1 cm³/mol. The Morgan fingerprint density at radius 1 is 1.36 bits per heavy atom. The summed E-state index contributed by atoms with van der Waals surface area (Å²) in [5.41, 5.74) is 4.73. The number of cyclic esters (lactones) is 1. The highest BCUT2D eigenvalue weighted by Gasteiger charge is 2.33. The number of hydrogen-bond acceptors (Lipinski definition) is 4. The number of alkyl halides is 1. The van der Waals surface area contributed by atoms with E-state index in [1.54, 1.807) is 13.8 Å². The maximum atomic E-state index is 13.6. The van der Waals surface area contributed by atoms with Crippen LogP contribution in [-0.4, -0.2) is 36.5 Å². The second-order valence-corrected chi connectivity index (χ2v) is 8.57. The smallest absolute Gasteiger partial charge is 0.323 e. The zero-order valence-electron chi connectivity index (χ0n) is 16.7. The molecule has 0 aromatic heterocycles. The number of rotatable bonds is 8. The van der Waals surface area contributed by atoms with Crippen molar-refractivity contribution in [3.63, 3.8) is 0 Å². The summed E-state index contributed by atoms with van der Waals surface area (Å²) in [4.78, 5) is 12.1. The number of ether oxygens (including phenoxy) is 2. The number of esters is 1. The third-order valence-corrected chi connectivity index (χ3v) is 4.96. The Balaban J connectivity index is 2.73. The quantitative estimate of drug-likeness (QED) is 0.515. The van der Waals surface area contributed by atoms with E-state index < -0.39 is 11.7 Å². The second kappa shape index (κ2) is 10.5. The fraction of sp³-hybridized carbons (Fsp3) is 0.950. The number of carbonyl (C=O) groups excluding carboxylic acids is 1. The van der Waals surface area contributed by atoms with Gasteiger partial charge in [-0.1, -0.05) is 26.7 Å². The molecule has 0 radical (unpaired) electrons. The molecule has 5 heteroatoms. The van der Waals surface area contributed by atoms with Crippen LogP contribution in [0.25, 0.3) is 0 Å². The van der Waals surface area contributed by atoms with Crippen molar-refractivity contribution in [2.24, 2.45) is 17.6 Å². The predicted octanol–water partition coefficient (Wildman–Crippen LogP) is 4.40. The third kappa shape index (κ3) is 9.00. The van der Waals surface area contributed by atoms with Crippen LogP contribution in [0.2, 0.25) is 0 Å². The lowest BCUT2D eigenvalue weighted by Gasteiger charge is -2.32. The Hall–Kier alpha value is -0.680. The molecule has 0 unspecified atom stereocenters. The molecule has 25 heavy (non-hydrogen) atoms. The summed E-state index contributed by atoms with van der Waals surface area (Å²) in [6.07, 6.45) is 5.38. The zero-order chi connectivity index (χ0) is 19.0. The van der Waals surface area contributed by atoms with Crippen LogP contribution in [0.4, 0.5) is 4.39 Å². The molecule has 1 heterocycles. The van der Waals surface area contributed by atoms with E-state index in [1.807, 2.05) is 6.92 Å². The Kier molecular flexibility index (Phi) is 9.36. The maximum absolute atomic E-state index is 13.6. The zero-order valence-corrected chi connectivity index (χ0v) is 16.7. The van der Waals surface area contributed by atoms with Crippen LogP contribution in [-0.2, 0) is 14.3 Å². The summed E-state index contributed by atoms with van der Waals surface area (Å²) in [6, 6.07) is -0.542. The molecule has 0 bridgehead atoms. The summed E-state index contributed by atoms with van der Waals surface area (Å²) < 4.78 is 25.3. The van der Waals surface area contributed by atoms with Crippen LogP contribution < -0.4 is 5.73 Å². The van der Waals surface area contributed by atoms with E-state index >= 15 is 0 Å². The van der Waals surface area contributed by atoms with Gasteiger partial charge in [0.1, 0.15) is 17.8 Å². The molecule has 1 aliphatic heterocycles. The van der Waals surface area contributed by atoms with Crippen molar-refractivity contribution in [2.45, 2.75) is 103 Å². The van der Waals surface area contributed by atoms with E-state index in [0.29, 0.717) is 37.7 Å². The van der Waals surface area contributed by atoms with Crippen LogP contribution >= 0.6 is 0 Å². The average molecular weight is 360 g/mol. The number of hydrogen-bond donors (Lipinski definition) is 1. The van der Waals surface area contributed by atoms with E-state index in [-0.39, 0.29) is 18.2 Å². The van der Waals surface area contributed by atoms with E-state index in [4.69, 9.17) is 15.2 Å². The molecule has 1 rings (SSSR count). The lowest BCUT2D eigenvalue weighted by molar-refractivity contribution is -0.160. The fourth-order valence-corrected chi connectivity index (χ4v) is 3.44. The minimum absolute atomic E-state index is 0.143. The van der Waals surface area contributed by atoms with Crippen molar-refractivity contribution >= 4 is 5.97 Å². The van der Waals surface area contributed by atoms with Gasteiger partial charge in [0, 0.05) is 6.61 Å². The number of nitrogens with two attached hydrogens (primary N) is 1. The molecular formula is C20H38FNO3. The molecule has 4 atom stereocenters. The maximum Gasteiger partial charge on any atom is 0.323 e. The van der Waals surface area contributed by atoms with E-state index in [9.17, 15) is 9.18 Å². The molecule has 148 valence electrons. The van der Waals surface area contributed by atoms with Gasteiger partial charge in [0.05, 0.1) is 6.10 Å². The summed E-state index contributed by atoms with van der Waals surface area (Å²) in [5.74, 6) is 0.630. The lowest BCUT2D eigenvalue weighted by atomic mass is 9.86. The van der Waals surface area contributed by atoms with Crippen molar-refractivity contribution in [1.29, 1.82) is 0 Å². The van der Waals surface area contributed by atoms with Crippen molar-refractivity contribution < 1.29 is 18.7 Å². The van der Waals surface area contributed by atoms with Crippen LogP contribution in [0.3, 0.4) is 0 Å². The van der Waals surface area contributed by atoms with Crippen molar-refractivity contribution in [3.05, 3.63) is 0 Å². The highest BCUT2D eigenvalue weighted by Crippen LogP contribution is 2.29. The van der Waals surface area contributed by atoms with Gasteiger partial charge in [0.15, 0.2) is 0 Å². The third-order valence-electron chi connectivity index (χ3n) is 4.96. The number of halogens is 1. The highest BCUT2D eigenvalue weighted by atomic mass is 19.1. The molecule has 1 saturated heterocycles. The van der Waals surface area contributed by atoms with Crippen LogP contribution in [0, 0.1) is 11.8 Å². The fourth-order valence-electron chi connectivity index (χ4n) is 3.44. The molecule has 0 saturated carbocycles. The van der Waals surface area contributed by atoms with E-state index in [1.165, 1.54) is 0 Å². The monoisotopic (exact) mass is 359 g/mol. The van der Waals surface area contributed by atoms with Crippen LogP contribution in [0.5, 0.6) is 0 Å². The van der Waals surface area contributed by atoms with Crippen molar-refractivity contribution in [1.82, 2.24) is 0 Å². The summed E-state index contributed by atoms with van der Waals surface area (Å²) >= 11 is 0. The molecule has 1 fully saturated rings. The first-order valence-electron chi connectivity index (χ1n) is 9.86. The molecular weight excluding hydrogens is 321 g/mol. The van der Waals surface area contributed by atoms with Gasteiger partial charge in [-0.2, -0.15) is 0 Å². The van der Waals surface area contributed by atoms with Gasteiger partial charge in [0.25, 0.3) is 0 Å². The normalized spacial score (nSPS) is 29.0. The molecule has 4 nitrogen and oxygen atoms in total. The Morgan fingerprint density at radius 3 is 2.64 bits per heavy atom. The summed E-state index contributed by atoms with van der Waals surface area (Å²) in [5, 5.41) is 0. The summed E-state index contributed by atoms with van der Waals surface area (Å²) in [7, 11) is 0. The molecule has 0 aromatic rings. The van der Waals surface area contributed by atoms with Gasteiger partial charge in [0.2, 0.25) is 0 Å². The lowest BCUT2D eigenvalue weighted by Crippen LogP contribution is -2.40. The molecule has 0 aliphatic carbocycles. The van der Waals surface area contributed by atoms with Gasteiger partial charge >= 0.3 is 5.97 Å². The number of carbonyl (C=O) groups is 1. The molecule has 1 aliphatic rings. The first-order valence-corrected chi connectivity index (χ1v) is 9.86. The average Bonchev–Trinajstić information content (AvgIpc) is 2.53. The first kappa shape index (κ1) is 22.4. The van der Waals surface area contributed by atoms with Crippen molar-refractivity contribution in [3.8, 4) is 0 Å². The highest BCUT2D eigenvalue weighted by molar-refractivity contribution is 5.75. The second-order valence-electron chi connectivity index (χ2n) is 8.57. The first-order chi connectivity index (χ1) is 11.6. The Bertz CT molecular complexity index is 395. The SMILES string of the molecule is CC(C)CC[C@H]1CCC[C@H](N)C(=O)O[C@@H](C)[C@@H]1OCCCC(C)(C)F. The van der Waals surface area contributed by atoms with Gasteiger partial charge < -0.3 is 15.2 Å². The minimum atomic E-state index is -1.18. The van der Waals surface area contributed by atoms with E-state index in [0.717, 1.165) is 25.7 Å². The van der Waals surface area contributed by atoms with Gasteiger partial charge in [-0.15, -0.1) is 0 Å². The topological polar surface area (TPSA) is 61.6 Å². The van der Waals surface area contributed by atoms with Crippen molar-refractivity contribution in [2.75, 3.05) is 6.61 Å². The van der Waals surface area contributed by atoms with E-state index in [2.05, 4.69) is 13.8 Å². The van der Waals surface area contributed by atoms with Gasteiger partial charge in [-0.25, -0.2) is 4.39 Å². The standard InChI is InChI=1S/C20H38FNO3/c1-14(2)10-11-16-8-6-9-17(22)19(23)25-15(3)18(16)24-13-7-12-20(4,5)21/h14-18H,6-13,22H2,1-5H3/t15-,16+,17-,18-/m0/s1. The molecule has 0 amide bonds. The van der Waals surface area contributed by atoms with Crippen LogP contribution in [0.15, 0.2) is 0 Å². The van der Waals surface area contributed by atoms with Gasteiger partial charge in [-0.05, 0) is 64.7 Å². The molecule has 2 N–H and O–H groups in total. The molecule has 0 spiro atoms.